The monoisotopic (exact) mass is 103 g/mol. The quantitative estimate of drug-likeness (QED) is 0.435. The minimum Gasteiger partial charge on any atom is -0.301 e. The summed E-state index contributed by atoms with van der Waals surface area (Å²) in [5, 5.41) is 3.63. The molecule has 0 radical (unpaired) electrons. The first-order chi connectivity index (χ1) is 2.89. The van der Waals surface area contributed by atoms with E-state index >= 15 is 0 Å². The topological polar surface area (TPSA) is 50.4 Å². The van der Waals surface area contributed by atoms with Crippen LogP contribution in [0.3, 0.4) is 0 Å². The summed E-state index contributed by atoms with van der Waals surface area (Å²) in [6.45, 7) is 0. The maximum absolute atomic E-state index is 5.26. The van der Waals surface area contributed by atoms with Gasteiger partial charge >= 0.3 is 0 Å². The molecule has 1 aliphatic heterocycles. The van der Waals surface area contributed by atoms with Crippen LogP contribution in [0.1, 0.15) is 0 Å². The van der Waals surface area contributed by atoms with Crippen molar-refractivity contribution in [2.24, 2.45) is 10.8 Å². The Labute approximate surface area is 40.0 Å². The summed E-state index contributed by atoms with van der Waals surface area (Å²) in [5.41, 5.74) is 9.57. The van der Waals surface area contributed by atoms with Crippen LogP contribution in [-0.2, 0) is 0 Å². The average molecular weight is 103 g/mol. The van der Waals surface area contributed by atoms with Gasteiger partial charge in [0.25, 0.3) is 0 Å². The predicted molar refractivity (Wildman–Crippen MR) is 27.2 cm³/mol. The highest BCUT2D eigenvalue weighted by Gasteiger charge is 2.00. The Morgan fingerprint density at radius 3 is 3.00 bits per heavy atom. The molecule has 0 aliphatic carbocycles. The van der Waals surface area contributed by atoms with Crippen LogP contribution in [-0.4, -0.2) is 11.0 Å². The number of hydrogen-bond donors (Lipinski definition) is 2. The average Bonchev–Trinajstić information content (AvgIpc) is 1.86. The SMILES string of the molecule is NC1NN=CS1. The molecule has 1 heterocycles. The van der Waals surface area contributed by atoms with Crippen molar-refractivity contribution in [1.82, 2.24) is 5.43 Å². The first kappa shape index (κ1) is 3.95. The second-order valence-electron chi connectivity index (χ2n) is 0.920. The molecule has 1 unspecified atom stereocenters. The van der Waals surface area contributed by atoms with Crippen LogP contribution in [0.25, 0.3) is 0 Å². The lowest BCUT2D eigenvalue weighted by Crippen LogP contribution is -2.25. The van der Waals surface area contributed by atoms with Gasteiger partial charge < -0.3 is 5.73 Å². The largest absolute Gasteiger partial charge is 0.301 e. The molecule has 0 fully saturated rings. The number of hydrazone groups is 1. The third-order valence-electron chi connectivity index (χ3n) is 0.462. The van der Waals surface area contributed by atoms with Crippen molar-refractivity contribution in [3.8, 4) is 0 Å². The number of rotatable bonds is 0. The summed E-state index contributed by atoms with van der Waals surface area (Å²) < 4.78 is 0. The van der Waals surface area contributed by atoms with E-state index in [1.54, 1.807) is 5.55 Å². The van der Waals surface area contributed by atoms with Crippen LogP contribution in [0.2, 0.25) is 0 Å². The van der Waals surface area contributed by atoms with E-state index in [2.05, 4.69) is 10.5 Å². The summed E-state index contributed by atoms with van der Waals surface area (Å²) in [6.07, 6.45) is 0. The molecule has 0 amide bonds. The number of nitrogens with two attached hydrogens (primary N) is 1. The van der Waals surface area contributed by atoms with Gasteiger partial charge in [-0.3, -0.25) is 5.43 Å². The van der Waals surface area contributed by atoms with Crippen molar-refractivity contribution < 1.29 is 0 Å². The maximum atomic E-state index is 5.26. The minimum absolute atomic E-state index is 0.00926. The smallest absolute Gasteiger partial charge is 0.144 e. The lowest BCUT2D eigenvalue weighted by atomic mass is 11.2. The first-order valence-electron chi connectivity index (χ1n) is 1.58. The zero-order valence-electron chi connectivity index (χ0n) is 3.09. The zero-order valence-corrected chi connectivity index (χ0v) is 3.90. The van der Waals surface area contributed by atoms with Crippen molar-refractivity contribution in [3.63, 3.8) is 0 Å². The van der Waals surface area contributed by atoms with Gasteiger partial charge in [-0.25, -0.2) is 0 Å². The summed E-state index contributed by atoms with van der Waals surface area (Å²) in [5.74, 6) is 0. The van der Waals surface area contributed by atoms with Crippen LogP contribution >= 0.6 is 11.8 Å². The fraction of sp³-hybridized carbons (Fsp3) is 0.500. The van der Waals surface area contributed by atoms with Crippen molar-refractivity contribution >= 4 is 17.3 Å². The second kappa shape index (κ2) is 1.49. The van der Waals surface area contributed by atoms with Crippen molar-refractivity contribution in [3.05, 3.63) is 0 Å². The minimum atomic E-state index is -0.00926. The van der Waals surface area contributed by atoms with Crippen LogP contribution < -0.4 is 11.2 Å². The fourth-order valence-electron chi connectivity index (χ4n) is 0.230. The molecule has 34 valence electrons. The molecule has 1 rings (SSSR count). The fourth-order valence-corrected chi connectivity index (χ4v) is 0.605. The zero-order chi connectivity index (χ0) is 4.41. The second-order valence-corrected chi connectivity index (χ2v) is 1.91. The molecule has 0 aromatic heterocycles. The van der Waals surface area contributed by atoms with Crippen molar-refractivity contribution in [2.45, 2.75) is 5.50 Å². The van der Waals surface area contributed by atoms with Crippen LogP contribution in [0.5, 0.6) is 0 Å². The standard InChI is InChI=1S/C2H5N3S/c3-2-5-4-1-6-2/h1-2,5H,3H2. The Balaban J connectivity index is 2.32. The first-order valence-corrected chi connectivity index (χ1v) is 2.52. The summed E-state index contributed by atoms with van der Waals surface area (Å²) >= 11 is 1.47. The lowest BCUT2D eigenvalue weighted by molar-refractivity contribution is 0.731. The molecule has 0 aromatic rings. The predicted octanol–water partition coefficient (Wildman–Crippen LogP) is -0.492. The molecule has 0 saturated carbocycles. The van der Waals surface area contributed by atoms with E-state index in [0.717, 1.165) is 0 Å². The molecular weight excluding hydrogens is 98.1 g/mol. The van der Waals surface area contributed by atoms with E-state index in [1.165, 1.54) is 11.8 Å². The van der Waals surface area contributed by atoms with Gasteiger partial charge in [-0.15, -0.1) is 0 Å². The van der Waals surface area contributed by atoms with Gasteiger partial charge in [0, 0.05) is 0 Å². The van der Waals surface area contributed by atoms with Crippen molar-refractivity contribution in [2.75, 3.05) is 0 Å². The highest BCUT2D eigenvalue weighted by Crippen LogP contribution is 2.01. The Kier molecular flexibility index (Phi) is 0.979. The van der Waals surface area contributed by atoms with Gasteiger partial charge in [-0.2, -0.15) is 5.10 Å². The van der Waals surface area contributed by atoms with E-state index in [1.807, 2.05) is 0 Å². The number of nitrogens with zero attached hydrogens (tertiary/aromatic N) is 1. The molecule has 0 bridgehead atoms. The molecule has 6 heavy (non-hydrogen) atoms. The maximum Gasteiger partial charge on any atom is 0.144 e. The third-order valence-corrected chi connectivity index (χ3v) is 1.09. The van der Waals surface area contributed by atoms with Crippen LogP contribution in [0.15, 0.2) is 5.10 Å². The number of thioether (sulfide) groups is 1. The van der Waals surface area contributed by atoms with E-state index in [9.17, 15) is 0 Å². The Hall–Kier alpha value is -0.220. The summed E-state index contributed by atoms with van der Waals surface area (Å²) in [7, 11) is 0. The Morgan fingerprint density at radius 2 is 2.83 bits per heavy atom. The molecule has 3 N–H and O–H groups in total. The molecule has 3 nitrogen and oxygen atoms in total. The Bertz CT molecular complexity index is 63.2. The van der Waals surface area contributed by atoms with E-state index in [-0.39, 0.29) is 5.50 Å². The van der Waals surface area contributed by atoms with E-state index < -0.39 is 0 Å². The van der Waals surface area contributed by atoms with E-state index in [4.69, 9.17) is 5.73 Å². The summed E-state index contributed by atoms with van der Waals surface area (Å²) in [6, 6.07) is 0. The van der Waals surface area contributed by atoms with Gasteiger partial charge in [0.05, 0.1) is 5.55 Å². The van der Waals surface area contributed by atoms with Gasteiger partial charge in [-0.05, 0) is 0 Å². The Morgan fingerprint density at radius 1 is 2.00 bits per heavy atom. The molecule has 1 aliphatic rings. The van der Waals surface area contributed by atoms with Gasteiger partial charge in [0.1, 0.15) is 5.50 Å². The van der Waals surface area contributed by atoms with Gasteiger partial charge in [0.2, 0.25) is 0 Å². The highest BCUT2D eigenvalue weighted by atomic mass is 32.2. The number of nitrogens with one attached hydrogen (secondary N) is 1. The lowest BCUT2D eigenvalue weighted by Gasteiger charge is -1.94. The van der Waals surface area contributed by atoms with Crippen molar-refractivity contribution in [1.29, 1.82) is 0 Å². The highest BCUT2D eigenvalue weighted by molar-refractivity contribution is 8.12. The molecule has 1 atom stereocenters. The van der Waals surface area contributed by atoms with E-state index in [0.29, 0.717) is 0 Å². The van der Waals surface area contributed by atoms with Crippen LogP contribution in [0.4, 0.5) is 0 Å². The molecule has 4 heteroatoms. The molecule has 0 aromatic carbocycles. The molecule has 0 saturated heterocycles. The normalized spacial score (nSPS) is 30.5. The van der Waals surface area contributed by atoms with Gasteiger partial charge in [0.15, 0.2) is 0 Å². The molecule has 0 spiro atoms. The summed E-state index contributed by atoms with van der Waals surface area (Å²) in [4.78, 5) is 0. The van der Waals surface area contributed by atoms with Crippen LogP contribution in [0, 0.1) is 0 Å². The number of hydrogen-bond acceptors (Lipinski definition) is 4. The molecular formula is C2H5N3S. The van der Waals surface area contributed by atoms with Gasteiger partial charge in [-0.1, -0.05) is 11.8 Å². The third kappa shape index (κ3) is 0.636.